The Hall–Kier alpha value is -0.520. The molecule has 0 N–H and O–H groups in total. The van der Waals surface area contributed by atoms with Crippen LogP contribution in [0, 0.1) is 6.92 Å². The quantitative estimate of drug-likeness (QED) is 0.277. The zero-order chi connectivity index (χ0) is 12.6. The molecule has 0 aliphatic carbocycles. The van der Waals surface area contributed by atoms with Crippen molar-refractivity contribution in [2.75, 3.05) is 0 Å². The van der Waals surface area contributed by atoms with Crippen LogP contribution in [-0.2, 0) is 0 Å². The molecule has 0 aliphatic heterocycles. The fourth-order valence-electron chi connectivity index (χ4n) is 1.79. The molecule has 0 atom stereocenters. The second-order valence-electron chi connectivity index (χ2n) is 4.72. The highest BCUT2D eigenvalue weighted by Gasteiger charge is 1.87. The molecule has 0 heteroatoms. The number of rotatable bonds is 12. The number of hydrogen-bond donors (Lipinski definition) is 0. The van der Waals surface area contributed by atoms with E-state index in [1.807, 2.05) is 0 Å². The van der Waals surface area contributed by atoms with Gasteiger partial charge in [-0.2, -0.15) is 0 Å². The van der Waals surface area contributed by atoms with E-state index in [1.54, 1.807) is 0 Å². The van der Waals surface area contributed by atoms with E-state index in [2.05, 4.69) is 38.2 Å². The molecule has 0 fully saturated rings. The highest BCUT2D eigenvalue weighted by Crippen LogP contribution is 2.07. The molecule has 0 aromatic rings. The molecule has 17 heavy (non-hydrogen) atoms. The Balaban J connectivity index is 3.05. The summed E-state index contributed by atoms with van der Waals surface area (Å²) in [7, 11) is 0. The first-order chi connectivity index (χ1) is 8.41. The summed E-state index contributed by atoms with van der Waals surface area (Å²) in [5, 5.41) is 0. The van der Waals surface area contributed by atoms with E-state index < -0.39 is 0 Å². The van der Waals surface area contributed by atoms with Gasteiger partial charge in [-0.15, -0.1) is 0 Å². The second kappa shape index (κ2) is 15.5. The summed E-state index contributed by atoms with van der Waals surface area (Å²) in [6, 6.07) is 0. The molecular weight excluding hydrogens is 204 g/mol. The maximum absolute atomic E-state index is 3.82. The molecular formula is C17H31. The maximum Gasteiger partial charge on any atom is -0.0351 e. The van der Waals surface area contributed by atoms with Crippen LogP contribution in [0.15, 0.2) is 24.3 Å². The Kier molecular flexibility index (Phi) is 15.0. The van der Waals surface area contributed by atoms with Crippen molar-refractivity contribution in [2.45, 2.75) is 77.6 Å². The van der Waals surface area contributed by atoms with Gasteiger partial charge in [-0.3, -0.25) is 0 Å². The van der Waals surface area contributed by atoms with Crippen LogP contribution in [0.4, 0.5) is 0 Å². The molecule has 0 amide bonds. The first kappa shape index (κ1) is 16.5. The second-order valence-corrected chi connectivity index (χ2v) is 4.72. The van der Waals surface area contributed by atoms with E-state index >= 15 is 0 Å². The van der Waals surface area contributed by atoms with Gasteiger partial charge < -0.3 is 0 Å². The smallest absolute Gasteiger partial charge is 0.0351 e. The lowest BCUT2D eigenvalue weighted by atomic mass is 10.1. The summed E-state index contributed by atoms with van der Waals surface area (Å²) in [5.41, 5.74) is 0. The van der Waals surface area contributed by atoms with Gasteiger partial charge >= 0.3 is 0 Å². The van der Waals surface area contributed by atoms with Gasteiger partial charge in [0.05, 0.1) is 0 Å². The minimum atomic E-state index is 1.03. The summed E-state index contributed by atoms with van der Waals surface area (Å²) in [4.78, 5) is 0. The van der Waals surface area contributed by atoms with E-state index in [4.69, 9.17) is 0 Å². The van der Waals surface area contributed by atoms with E-state index in [0.29, 0.717) is 0 Å². The molecule has 0 aliphatic rings. The lowest BCUT2D eigenvalue weighted by molar-refractivity contribution is 0.651. The van der Waals surface area contributed by atoms with Crippen LogP contribution in [0.3, 0.4) is 0 Å². The van der Waals surface area contributed by atoms with Crippen molar-refractivity contribution in [3.05, 3.63) is 31.2 Å². The van der Waals surface area contributed by atoms with Gasteiger partial charge in [0.15, 0.2) is 0 Å². The molecule has 0 spiro atoms. The summed E-state index contributed by atoms with van der Waals surface area (Å²) >= 11 is 0. The molecule has 0 nitrogen and oxygen atoms in total. The normalized spacial score (nSPS) is 11.9. The number of unbranched alkanes of at least 4 members (excludes halogenated alkanes) is 8. The summed E-state index contributed by atoms with van der Waals surface area (Å²) in [6.45, 7) is 6.07. The van der Waals surface area contributed by atoms with Crippen LogP contribution >= 0.6 is 0 Å². The standard InChI is InChI=1S/C17H31/c1-3-5-7-9-11-13-15-17-16-14-12-10-8-6-4-2/h7,9-10,12H,1,3-6,8,11,13-17H2,2H3/b9-7+,12-10+. The van der Waals surface area contributed by atoms with Crippen LogP contribution in [0.5, 0.6) is 0 Å². The van der Waals surface area contributed by atoms with Gasteiger partial charge in [-0.25, -0.2) is 0 Å². The molecule has 0 unspecified atom stereocenters. The monoisotopic (exact) mass is 235 g/mol. The van der Waals surface area contributed by atoms with Gasteiger partial charge in [0.2, 0.25) is 0 Å². The lowest BCUT2D eigenvalue weighted by Crippen LogP contribution is -1.77. The molecule has 0 aromatic carbocycles. The average Bonchev–Trinajstić information content (AvgIpc) is 2.35. The third-order valence-corrected chi connectivity index (χ3v) is 2.92. The molecule has 0 rings (SSSR count). The predicted molar refractivity (Wildman–Crippen MR) is 80.1 cm³/mol. The van der Waals surface area contributed by atoms with Gasteiger partial charge in [-0.05, 0) is 44.9 Å². The van der Waals surface area contributed by atoms with E-state index in [-0.39, 0.29) is 0 Å². The minimum absolute atomic E-state index is 1.03. The van der Waals surface area contributed by atoms with Crippen molar-refractivity contribution >= 4 is 0 Å². The average molecular weight is 235 g/mol. The van der Waals surface area contributed by atoms with Crippen molar-refractivity contribution < 1.29 is 0 Å². The largest absolute Gasteiger partial charge is 0.0885 e. The number of allylic oxidation sites excluding steroid dienone is 4. The van der Waals surface area contributed by atoms with E-state index in [0.717, 1.165) is 12.8 Å². The van der Waals surface area contributed by atoms with Crippen molar-refractivity contribution in [2.24, 2.45) is 0 Å². The predicted octanol–water partition coefficient (Wildman–Crippen LogP) is 6.24. The zero-order valence-electron chi connectivity index (χ0n) is 11.8. The molecule has 0 heterocycles. The molecule has 1 radical (unpaired) electrons. The third-order valence-electron chi connectivity index (χ3n) is 2.92. The van der Waals surface area contributed by atoms with Gasteiger partial charge in [0.25, 0.3) is 0 Å². The number of hydrogen-bond acceptors (Lipinski definition) is 0. The van der Waals surface area contributed by atoms with Crippen LogP contribution < -0.4 is 0 Å². The highest BCUT2D eigenvalue weighted by molar-refractivity contribution is 4.82. The van der Waals surface area contributed by atoms with Crippen molar-refractivity contribution in [3.8, 4) is 0 Å². The van der Waals surface area contributed by atoms with Crippen molar-refractivity contribution in [3.63, 3.8) is 0 Å². The summed E-state index contributed by atoms with van der Waals surface area (Å²) in [6.07, 6.45) is 23.4. The van der Waals surface area contributed by atoms with E-state index in [1.165, 1.54) is 57.8 Å². The first-order valence-corrected chi connectivity index (χ1v) is 7.51. The Labute approximate surface area is 109 Å². The Morgan fingerprint density at radius 2 is 1.12 bits per heavy atom. The molecule has 0 bridgehead atoms. The van der Waals surface area contributed by atoms with Crippen molar-refractivity contribution in [1.82, 2.24) is 0 Å². The molecule has 0 aromatic heterocycles. The Morgan fingerprint density at radius 3 is 1.59 bits per heavy atom. The fourth-order valence-corrected chi connectivity index (χ4v) is 1.79. The molecule has 0 saturated carbocycles. The van der Waals surface area contributed by atoms with Gasteiger partial charge in [0.1, 0.15) is 0 Å². The maximum atomic E-state index is 3.82. The molecule has 0 saturated heterocycles. The molecule has 99 valence electrons. The van der Waals surface area contributed by atoms with Gasteiger partial charge in [-0.1, -0.05) is 63.8 Å². The Bertz CT molecular complexity index is 176. The highest BCUT2D eigenvalue weighted by atomic mass is 13.9. The lowest BCUT2D eigenvalue weighted by Gasteiger charge is -1.97. The SMILES string of the molecule is [CH2]CC/C=C/CCCCCC/C=C/CCCC. The van der Waals surface area contributed by atoms with Crippen molar-refractivity contribution in [1.29, 1.82) is 0 Å². The minimum Gasteiger partial charge on any atom is -0.0885 e. The Morgan fingerprint density at radius 1 is 0.647 bits per heavy atom. The zero-order valence-corrected chi connectivity index (χ0v) is 11.8. The summed E-state index contributed by atoms with van der Waals surface area (Å²) < 4.78 is 0. The van der Waals surface area contributed by atoms with Gasteiger partial charge in [0, 0.05) is 0 Å². The third kappa shape index (κ3) is 15.5. The van der Waals surface area contributed by atoms with Crippen LogP contribution in [0.1, 0.15) is 77.6 Å². The van der Waals surface area contributed by atoms with Crippen LogP contribution in [0.25, 0.3) is 0 Å². The first-order valence-electron chi connectivity index (χ1n) is 7.51. The van der Waals surface area contributed by atoms with E-state index in [9.17, 15) is 0 Å². The fraction of sp³-hybridized carbons (Fsp3) is 0.706. The summed E-state index contributed by atoms with van der Waals surface area (Å²) in [5.74, 6) is 0. The van der Waals surface area contributed by atoms with Crippen LogP contribution in [-0.4, -0.2) is 0 Å². The van der Waals surface area contributed by atoms with Crippen LogP contribution in [0.2, 0.25) is 0 Å². The topological polar surface area (TPSA) is 0 Å².